The zero-order valence-electron chi connectivity index (χ0n) is 6.48. The molecule has 3 N–H and O–H groups in total. The molecule has 1 amide bonds. The van der Waals surface area contributed by atoms with E-state index in [0.717, 1.165) is 18.4 Å². The molecule has 0 rings (SSSR count). The van der Waals surface area contributed by atoms with Gasteiger partial charge in [-0.1, -0.05) is 18.9 Å². The Morgan fingerprint density at radius 1 is 1.70 bits per heavy atom. The molecule has 0 saturated carbocycles. The van der Waals surface area contributed by atoms with Crippen molar-refractivity contribution in [3.63, 3.8) is 0 Å². The van der Waals surface area contributed by atoms with E-state index < -0.39 is 0 Å². The Morgan fingerprint density at radius 3 is 2.70 bits per heavy atom. The summed E-state index contributed by atoms with van der Waals surface area (Å²) in [5.74, 6) is 4.64. The number of amides is 1. The van der Waals surface area contributed by atoms with Crippen LogP contribution in [0, 0.1) is 0 Å². The predicted molar refractivity (Wildman–Crippen MR) is 41.0 cm³/mol. The van der Waals surface area contributed by atoms with Gasteiger partial charge in [0.15, 0.2) is 0 Å². The standard InChI is InChI=1S/C7H14N2O/c1-3-4-6(2)5-7(10)9-8/h5H,3-4,8H2,1-2H3,(H,9,10)/b6-5+. The minimum atomic E-state index is -0.231. The van der Waals surface area contributed by atoms with Gasteiger partial charge in [0.2, 0.25) is 0 Å². The van der Waals surface area contributed by atoms with Gasteiger partial charge in [0, 0.05) is 6.08 Å². The summed E-state index contributed by atoms with van der Waals surface area (Å²) in [5.41, 5.74) is 3.10. The maximum Gasteiger partial charge on any atom is 0.257 e. The molecule has 10 heavy (non-hydrogen) atoms. The van der Waals surface area contributed by atoms with Gasteiger partial charge in [0.25, 0.3) is 5.91 Å². The number of nitrogens with two attached hydrogens (primary N) is 1. The number of rotatable bonds is 3. The van der Waals surface area contributed by atoms with Crippen molar-refractivity contribution >= 4 is 5.91 Å². The molecule has 3 heteroatoms. The van der Waals surface area contributed by atoms with Crippen molar-refractivity contribution in [2.24, 2.45) is 5.84 Å². The highest BCUT2D eigenvalue weighted by molar-refractivity contribution is 5.87. The average molecular weight is 142 g/mol. The van der Waals surface area contributed by atoms with E-state index in [4.69, 9.17) is 5.84 Å². The predicted octanol–water partition coefficient (Wildman–Crippen LogP) is 0.723. The van der Waals surface area contributed by atoms with Crippen molar-refractivity contribution in [3.8, 4) is 0 Å². The third-order valence-corrected chi connectivity index (χ3v) is 1.16. The van der Waals surface area contributed by atoms with E-state index in [-0.39, 0.29) is 5.91 Å². The number of carbonyl (C=O) groups excluding carboxylic acids is 1. The Bertz CT molecular complexity index is 141. The Morgan fingerprint density at radius 2 is 2.30 bits per heavy atom. The molecule has 0 aromatic heterocycles. The lowest BCUT2D eigenvalue weighted by atomic mass is 10.2. The zero-order chi connectivity index (χ0) is 7.98. The van der Waals surface area contributed by atoms with E-state index in [2.05, 4.69) is 6.92 Å². The van der Waals surface area contributed by atoms with Crippen molar-refractivity contribution in [1.29, 1.82) is 0 Å². The van der Waals surface area contributed by atoms with E-state index in [9.17, 15) is 4.79 Å². The van der Waals surface area contributed by atoms with Crippen LogP contribution in [0.2, 0.25) is 0 Å². The third-order valence-electron chi connectivity index (χ3n) is 1.16. The average Bonchev–Trinajstić information content (AvgIpc) is 1.88. The van der Waals surface area contributed by atoms with E-state index in [1.165, 1.54) is 6.08 Å². The van der Waals surface area contributed by atoms with E-state index >= 15 is 0 Å². The molecule has 0 aliphatic rings. The first-order chi connectivity index (χ1) is 4.70. The van der Waals surface area contributed by atoms with Gasteiger partial charge in [-0.05, 0) is 13.3 Å². The van der Waals surface area contributed by atoms with Crippen LogP contribution < -0.4 is 11.3 Å². The smallest absolute Gasteiger partial charge is 0.257 e. The Labute approximate surface area is 61.3 Å². The van der Waals surface area contributed by atoms with Crippen LogP contribution in [0.5, 0.6) is 0 Å². The van der Waals surface area contributed by atoms with Gasteiger partial charge in [-0.3, -0.25) is 10.2 Å². The van der Waals surface area contributed by atoms with Crippen LogP contribution in [-0.4, -0.2) is 5.91 Å². The monoisotopic (exact) mass is 142 g/mol. The number of carbonyl (C=O) groups is 1. The molecule has 0 aromatic rings. The molecule has 0 spiro atoms. The molecule has 0 atom stereocenters. The molecular weight excluding hydrogens is 128 g/mol. The molecule has 0 aromatic carbocycles. The van der Waals surface area contributed by atoms with Crippen LogP contribution >= 0.6 is 0 Å². The Kier molecular flexibility index (Phi) is 4.58. The van der Waals surface area contributed by atoms with Crippen molar-refractivity contribution in [2.45, 2.75) is 26.7 Å². The van der Waals surface area contributed by atoms with E-state index in [1.807, 2.05) is 12.3 Å². The second-order valence-electron chi connectivity index (χ2n) is 2.25. The summed E-state index contributed by atoms with van der Waals surface area (Å²) in [6, 6.07) is 0. The van der Waals surface area contributed by atoms with Gasteiger partial charge in [0.05, 0.1) is 0 Å². The van der Waals surface area contributed by atoms with Crippen molar-refractivity contribution < 1.29 is 4.79 Å². The van der Waals surface area contributed by atoms with Crippen LogP contribution in [0.15, 0.2) is 11.6 Å². The number of hydrazine groups is 1. The zero-order valence-corrected chi connectivity index (χ0v) is 6.48. The van der Waals surface area contributed by atoms with Gasteiger partial charge in [-0.15, -0.1) is 0 Å². The number of nitrogens with one attached hydrogen (secondary N) is 1. The molecule has 0 aliphatic heterocycles. The van der Waals surface area contributed by atoms with Gasteiger partial charge >= 0.3 is 0 Å². The van der Waals surface area contributed by atoms with Crippen molar-refractivity contribution in [1.82, 2.24) is 5.43 Å². The number of hydrogen-bond donors (Lipinski definition) is 2. The molecule has 3 nitrogen and oxygen atoms in total. The van der Waals surface area contributed by atoms with Gasteiger partial charge in [0.1, 0.15) is 0 Å². The normalized spacial score (nSPS) is 11.3. The highest BCUT2D eigenvalue weighted by atomic mass is 16.2. The summed E-state index contributed by atoms with van der Waals surface area (Å²) < 4.78 is 0. The molecular formula is C7H14N2O. The largest absolute Gasteiger partial charge is 0.291 e. The highest BCUT2D eigenvalue weighted by Gasteiger charge is 1.92. The number of allylic oxidation sites excluding steroid dienone is 1. The van der Waals surface area contributed by atoms with Crippen LogP contribution in [-0.2, 0) is 4.79 Å². The van der Waals surface area contributed by atoms with Crippen LogP contribution in [0.4, 0.5) is 0 Å². The van der Waals surface area contributed by atoms with E-state index in [0.29, 0.717) is 0 Å². The first kappa shape index (κ1) is 9.17. The second-order valence-corrected chi connectivity index (χ2v) is 2.25. The summed E-state index contributed by atoms with van der Waals surface area (Å²) >= 11 is 0. The summed E-state index contributed by atoms with van der Waals surface area (Å²) in [6.45, 7) is 3.98. The Balaban J connectivity index is 3.77. The highest BCUT2D eigenvalue weighted by Crippen LogP contribution is 2.01. The molecule has 0 fully saturated rings. The first-order valence-corrected chi connectivity index (χ1v) is 3.38. The minimum Gasteiger partial charge on any atom is -0.291 e. The first-order valence-electron chi connectivity index (χ1n) is 3.38. The van der Waals surface area contributed by atoms with Crippen molar-refractivity contribution in [2.75, 3.05) is 0 Å². The summed E-state index contributed by atoms with van der Waals surface area (Å²) in [5, 5.41) is 0. The molecule has 0 unspecified atom stereocenters. The molecule has 0 aliphatic carbocycles. The topological polar surface area (TPSA) is 55.1 Å². The van der Waals surface area contributed by atoms with E-state index in [1.54, 1.807) is 0 Å². The molecule has 58 valence electrons. The number of hydrogen-bond acceptors (Lipinski definition) is 2. The Hall–Kier alpha value is -0.830. The fourth-order valence-corrected chi connectivity index (χ4v) is 0.732. The lowest BCUT2D eigenvalue weighted by molar-refractivity contribution is -0.116. The van der Waals surface area contributed by atoms with Crippen LogP contribution in [0.3, 0.4) is 0 Å². The van der Waals surface area contributed by atoms with Gasteiger partial charge < -0.3 is 0 Å². The van der Waals surface area contributed by atoms with Crippen LogP contribution in [0.25, 0.3) is 0 Å². The SMILES string of the molecule is CCC/C(C)=C/C(=O)NN. The molecule has 0 radical (unpaired) electrons. The van der Waals surface area contributed by atoms with Gasteiger partial charge in [-0.25, -0.2) is 5.84 Å². The minimum absolute atomic E-state index is 0.231. The quantitative estimate of drug-likeness (QED) is 0.264. The van der Waals surface area contributed by atoms with Crippen LogP contribution in [0.1, 0.15) is 26.7 Å². The van der Waals surface area contributed by atoms with Gasteiger partial charge in [-0.2, -0.15) is 0 Å². The maximum absolute atomic E-state index is 10.6. The third kappa shape index (κ3) is 4.09. The lowest BCUT2D eigenvalue weighted by Crippen LogP contribution is -2.28. The fourth-order valence-electron chi connectivity index (χ4n) is 0.732. The fraction of sp³-hybridized carbons (Fsp3) is 0.571. The summed E-state index contributed by atoms with van der Waals surface area (Å²) in [4.78, 5) is 10.6. The lowest BCUT2D eigenvalue weighted by Gasteiger charge is -1.95. The molecule has 0 saturated heterocycles. The molecule has 0 heterocycles. The molecule has 0 bridgehead atoms. The summed E-state index contributed by atoms with van der Waals surface area (Å²) in [7, 11) is 0. The van der Waals surface area contributed by atoms with Crippen molar-refractivity contribution in [3.05, 3.63) is 11.6 Å². The second kappa shape index (κ2) is 4.99. The summed E-state index contributed by atoms with van der Waals surface area (Å²) in [6.07, 6.45) is 3.52. The maximum atomic E-state index is 10.6.